The summed E-state index contributed by atoms with van der Waals surface area (Å²) in [6, 6.07) is 10.4. The zero-order valence-corrected chi connectivity index (χ0v) is 15.4. The van der Waals surface area contributed by atoms with Gasteiger partial charge in [-0.2, -0.15) is 0 Å². The molecule has 1 N–H and O–H groups in total. The molecule has 1 amide bonds. The number of amides is 1. The molecule has 1 fully saturated rings. The standard InChI is InChI=1S/C21H33NO/c1-15(2)18-11-12-21(4,5)13-19(18)20(23)22-14-16(3)17-9-7-6-8-10-17/h6-10,15-16,18-19H,11-14H2,1-5H3,(H,22,23). The molecule has 2 nitrogen and oxygen atoms in total. The van der Waals surface area contributed by atoms with Gasteiger partial charge in [0.05, 0.1) is 0 Å². The third kappa shape index (κ3) is 4.83. The molecular formula is C21H33NO. The maximum atomic E-state index is 12.8. The van der Waals surface area contributed by atoms with E-state index in [4.69, 9.17) is 0 Å². The van der Waals surface area contributed by atoms with Crippen LogP contribution in [0.25, 0.3) is 0 Å². The van der Waals surface area contributed by atoms with Crippen LogP contribution in [-0.4, -0.2) is 12.5 Å². The van der Waals surface area contributed by atoms with Crippen molar-refractivity contribution in [2.75, 3.05) is 6.54 Å². The molecule has 23 heavy (non-hydrogen) atoms. The van der Waals surface area contributed by atoms with Gasteiger partial charge in [-0.3, -0.25) is 4.79 Å². The molecule has 0 radical (unpaired) electrons. The highest BCUT2D eigenvalue weighted by molar-refractivity contribution is 5.79. The summed E-state index contributed by atoms with van der Waals surface area (Å²) in [6.07, 6.45) is 3.43. The first-order chi connectivity index (χ1) is 10.8. The minimum absolute atomic E-state index is 0.168. The van der Waals surface area contributed by atoms with Crippen molar-refractivity contribution in [3.8, 4) is 0 Å². The van der Waals surface area contributed by atoms with Crippen LogP contribution in [0, 0.1) is 23.2 Å². The monoisotopic (exact) mass is 315 g/mol. The van der Waals surface area contributed by atoms with Crippen LogP contribution in [0.5, 0.6) is 0 Å². The lowest BCUT2D eigenvalue weighted by atomic mass is 9.64. The SMILES string of the molecule is CC(CNC(=O)C1CC(C)(C)CCC1C(C)C)c1ccccc1. The molecular weight excluding hydrogens is 282 g/mol. The van der Waals surface area contributed by atoms with Crippen molar-refractivity contribution in [1.82, 2.24) is 5.32 Å². The van der Waals surface area contributed by atoms with Gasteiger partial charge in [0.25, 0.3) is 0 Å². The third-order valence-electron chi connectivity index (χ3n) is 5.59. The lowest BCUT2D eigenvalue weighted by molar-refractivity contribution is -0.130. The molecule has 0 bridgehead atoms. The minimum atomic E-state index is 0.168. The van der Waals surface area contributed by atoms with Crippen molar-refractivity contribution in [1.29, 1.82) is 0 Å². The topological polar surface area (TPSA) is 29.1 Å². The summed E-state index contributed by atoms with van der Waals surface area (Å²) in [5.41, 5.74) is 1.58. The minimum Gasteiger partial charge on any atom is -0.355 e. The van der Waals surface area contributed by atoms with E-state index in [0.29, 0.717) is 23.2 Å². The van der Waals surface area contributed by atoms with E-state index in [1.807, 2.05) is 6.07 Å². The third-order valence-corrected chi connectivity index (χ3v) is 5.59. The zero-order chi connectivity index (χ0) is 17.0. The van der Waals surface area contributed by atoms with Crippen molar-refractivity contribution < 1.29 is 4.79 Å². The fourth-order valence-corrected chi connectivity index (χ4v) is 3.98. The Bertz CT molecular complexity index is 506. The Morgan fingerprint density at radius 3 is 2.48 bits per heavy atom. The van der Waals surface area contributed by atoms with Gasteiger partial charge >= 0.3 is 0 Å². The van der Waals surface area contributed by atoms with E-state index in [0.717, 1.165) is 13.0 Å². The van der Waals surface area contributed by atoms with Gasteiger partial charge in [0, 0.05) is 12.5 Å². The summed E-state index contributed by atoms with van der Waals surface area (Å²) in [5.74, 6) is 1.89. The summed E-state index contributed by atoms with van der Waals surface area (Å²) in [6.45, 7) is 12.0. The Balaban J connectivity index is 1.97. The largest absolute Gasteiger partial charge is 0.355 e. The van der Waals surface area contributed by atoms with Gasteiger partial charge in [-0.25, -0.2) is 0 Å². The predicted molar refractivity (Wildman–Crippen MR) is 97.3 cm³/mol. The molecule has 3 atom stereocenters. The first-order valence-corrected chi connectivity index (χ1v) is 9.13. The number of nitrogens with one attached hydrogen (secondary N) is 1. The summed E-state index contributed by atoms with van der Waals surface area (Å²) < 4.78 is 0. The average molecular weight is 316 g/mol. The summed E-state index contributed by atoms with van der Waals surface area (Å²) >= 11 is 0. The Morgan fingerprint density at radius 2 is 1.87 bits per heavy atom. The van der Waals surface area contributed by atoms with Gasteiger partial charge in [0.2, 0.25) is 5.91 Å². The van der Waals surface area contributed by atoms with E-state index in [-0.39, 0.29) is 11.8 Å². The molecule has 2 rings (SSSR count). The molecule has 0 aromatic heterocycles. The molecule has 3 unspecified atom stereocenters. The van der Waals surface area contributed by atoms with E-state index in [2.05, 4.69) is 64.2 Å². The molecule has 0 saturated heterocycles. The lowest BCUT2D eigenvalue weighted by Gasteiger charge is -2.41. The van der Waals surface area contributed by atoms with E-state index in [1.165, 1.54) is 18.4 Å². The van der Waals surface area contributed by atoms with Crippen LogP contribution < -0.4 is 5.32 Å². The van der Waals surface area contributed by atoms with Crippen molar-refractivity contribution in [3.05, 3.63) is 35.9 Å². The second-order valence-corrected chi connectivity index (χ2v) is 8.48. The summed E-state index contributed by atoms with van der Waals surface area (Å²) in [4.78, 5) is 12.8. The molecule has 0 aliphatic heterocycles. The molecule has 128 valence electrons. The van der Waals surface area contributed by atoms with Crippen LogP contribution in [0.2, 0.25) is 0 Å². The van der Waals surface area contributed by atoms with Crippen molar-refractivity contribution in [3.63, 3.8) is 0 Å². The molecule has 1 aliphatic rings. The maximum Gasteiger partial charge on any atom is 0.223 e. The Hall–Kier alpha value is -1.31. The highest BCUT2D eigenvalue weighted by Crippen LogP contribution is 2.44. The normalized spacial score (nSPS) is 25.1. The molecule has 1 aliphatic carbocycles. The Labute approximate surface area is 142 Å². The van der Waals surface area contributed by atoms with Crippen LogP contribution in [0.15, 0.2) is 30.3 Å². The van der Waals surface area contributed by atoms with Crippen molar-refractivity contribution in [2.24, 2.45) is 23.2 Å². The van der Waals surface area contributed by atoms with Crippen LogP contribution in [0.4, 0.5) is 0 Å². The quantitative estimate of drug-likeness (QED) is 0.813. The van der Waals surface area contributed by atoms with Crippen LogP contribution in [0.1, 0.15) is 65.4 Å². The highest BCUT2D eigenvalue weighted by Gasteiger charge is 2.39. The van der Waals surface area contributed by atoms with Crippen LogP contribution in [0.3, 0.4) is 0 Å². The van der Waals surface area contributed by atoms with Gasteiger partial charge in [-0.05, 0) is 48.0 Å². The molecule has 2 heteroatoms. The zero-order valence-electron chi connectivity index (χ0n) is 15.4. The summed E-state index contributed by atoms with van der Waals surface area (Å²) in [5, 5.41) is 3.23. The molecule has 0 heterocycles. The van der Waals surface area contributed by atoms with E-state index in [1.54, 1.807) is 0 Å². The Kier molecular flexibility index (Phi) is 5.89. The van der Waals surface area contributed by atoms with Crippen LogP contribution >= 0.6 is 0 Å². The van der Waals surface area contributed by atoms with Crippen molar-refractivity contribution >= 4 is 5.91 Å². The molecule has 1 saturated carbocycles. The second kappa shape index (κ2) is 7.51. The van der Waals surface area contributed by atoms with Gasteiger partial charge in [0.15, 0.2) is 0 Å². The van der Waals surface area contributed by atoms with Gasteiger partial charge in [0.1, 0.15) is 0 Å². The van der Waals surface area contributed by atoms with E-state index >= 15 is 0 Å². The molecule has 1 aromatic rings. The molecule has 1 aromatic carbocycles. The number of hydrogen-bond donors (Lipinski definition) is 1. The van der Waals surface area contributed by atoms with E-state index in [9.17, 15) is 4.79 Å². The lowest BCUT2D eigenvalue weighted by Crippen LogP contribution is -2.43. The van der Waals surface area contributed by atoms with Gasteiger partial charge in [-0.15, -0.1) is 0 Å². The number of hydrogen-bond acceptors (Lipinski definition) is 1. The van der Waals surface area contributed by atoms with Gasteiger partial charge in [-0.1, -0.05) is 65.0 Å². The fraction of sp³-hybridized carbons (Fsp3) is 0.667. The van der Waals surface area contributed by atoms with Crippen LogP contribution in [-0.2, 0) is 4.79 Å². The average Bonchev–Trinajstić information content (AvgIpc) is 2.51. The second-order valence-electron chi connectivity index (χ2n) is 8.48. The number of carbonyl (C=O) groups is 1. The number of carbonyl (C=O) groups excluding carboxylic acids is 1. The van der Waals surface area contributed by atoms with Gasteiger partial charge < -0.3 is 5.32 Å². The number of rotatable bonds is 5. The Morgan fingerprint density at radius 1 is 1.22 bits per heavy atom. The molecule has 0 spiro atoms. The fourth-order valence-electron chi connectivity index (χ4n) is 3.98. The first kappa shape index (κ1) is 18.0. The smallest absolute Gasteiger partial charge is 0.223 e. The maximum absolute atomic E-state index is 12.8. The van der Waals surface area contributed by atoms with Crippen molar-refractivity contribution in [2.45, 2.75) is 59.8 Å². The number of benzene rings is 1. The summed E-state index contributed by atoms with van der Waals surface area (Å²) in [7, 11) is 0. The first-order valence-electron chi connectivity index (χ1n) is 9.13. The van der Waals surface area contributed by atoms with E-state index < -0.39 is 0 Å². The highest BCUT2D eigenvalue weighted by atomic mass is 16.1. The predicted octanol–water partition coefficient (Wildman–Crippen LogP) is 5.00.